The molecule has 0 amide bonds. The van der Waals surface area contributed by atoms with Gasteiger partial charge in [-0.25, -0.2) is 9.59 Å². The van der Waals surface area contributed by atoms with Gasteiger partial charge in [-0.2, -0.15) is 0 Å². The van der Waals surface area contributed by atoms with Gasteiger partial charge in [-0.3, -0.25) is 9.59 Å². The number of ether oxygens (including phenoxy) is 6. The summed E-state index contributed by atoms with van der Waals surface area (Å²) in [6.45, 7) is 14.0. The van der Waals surface area contributed by atoms with Crippen molar-refractivity contribution >= 4 is 24.2 Å². The van der Waals surface area contributed by atoms with E-state index in [1.165, 1.54) is 19.2 Å². The summed E-state index contributed by atoms with van der Waals surface area (Å²) >= 11 is 0. The molecular weight excluding hydrogens is 534 g/mol. The molecular formula is C30H47NO10. The van der Waals surface area contributed by atoms with Crippen molar-refractivity contribution in [1.29, 1.82) is 0 Å². The molecule has 0 fully saturated rings. The summed E-state index contributed by atoms with van der Waals surface area (Å²) in [6.07, 6.45) is 0.516. The van der Waals surface area contributed by atoms with Crippen LogP contribution >= 0.6 is 0 Å². The van der Waals surface area contributed by atoms with Crippen LogP contribution in [0.25, 0.3) is 0 Å². The first kappa shape index (κ1) is 35.7. The summed E-state index contributed by atoms with van der Waals surface area (Å²) in [5.41, 5.74) is -0.0275. The van der Waals surface area contributed by atoms with Crippen LogP contribution in [0.15, 0.2) is 18.2 Å². The summed E-state index contributed by atoms with van der Waals surface area (Å²) in [5.74, 6) is -0.681. The van der Waals surface area contributed by atoms with Gasteiger partial charge in [0.25, 0.3) is 0 Å². The minimum Gasteiger partial charge on any atom is -0.468 e. The average molecular weight is 582 g/mol. The number of rotatable bonds is 17. The fourth-order valence-corrected chi connectivity index (χ4v) is 3.07. The number of benzene rings is 1. The standard InChI is InChI=1S/C30H47NO10/c1-9-20(4)18-38-28(34)40-24-13-12-22(17-25(24)41-29(35)39-19-21(5)10-2)16-23(26(32)36-8)31-14-15-37-27(33)30(6,7)11-3/h12-13,17,20-21,23,31H,9-11,14-16,18-19H2,1-8H3/t20?,21?,23-/m0/s1. The smallest absolute Gasteiger partial charge is 0.468 e. The summed E-state index contributed by atoms with van der Waals surface area (Å²) in [5, 5.41) is 3.03. The van der Waals surface area contributed by atoms with Crippen molar-refractivity contribution in [1.82, 2.24) is 5.32 Å². The van der Waals surface area contributed by atoms with Crippen molar-refractivity contribution in [3.05, 3.63) is 23.8 Å². The number of carbonyl (C=O) groups is 4. The van der Waals surface area contributed by atoms with E-state index in [1.807, 2.05) is 34.6 Å². The quantitative estimate of drug-likeness (QED) is 0.109. The molecule has 0 aliphatic rings. The number of nitrogens with one attached hydrogen (secondary N) is 1. The van der Waals surface area contributed by atoms with Crippen molar-refractivity contribution in [2.45, 2.75) is 80.2 Å². The molecule has 11 heteroatoms. The zero-order valence-corrected chi connectivity index (χ0v) is 25.7. The van der Waals surface area contributed by atoms with E-state index in [1.54, 1.807) is 19.9 Å². The Bertz CT molecular complexity index is 993. The van der Waals surface area contributed by atoms with Crippen molar-refractivity contribution in [2.24, 2.45) is 17.3 Å². The molecule has 0 heterocycles. The van der Waals surface area contributed by atoms with Crippen LogP contribution in [0.1, 0.15) is 73.3 Å². The lowest BCUT2D eigenvalue weighted by Gasteiger charge is -2.21. The maximum atomic E-state index is 12.5. The van der Waals surface area contributed by atoms with Gasteiger partial charge >= 0.3 is 24.2 Å². The molecule has 1 aromatic carbocycles. The molecule has 1 rings (SSSR count). The van der Waals surface area contributed by atoms with Crippen LogP contribution in [0, 0.1) is 17.3 Å². The molecule has 2 unspecified atom stereocenters. The summed E-state index contributed by atoms with van der Waals surface area (Å²) in [7, 11) is 1.27. The molecule has 11 nitrogen and oxygen atoms in total. The third-order valence-electron chi connectivity index (χ3n) is 6.85. The SMILES string of the molecule is CCC(C)COC(=O)Oc1ccc(C[C@H](NCCOC(=O)C(C)(C)CC)C(=O)OC)cc1OC(=O)OCC(C)CC. The number of carbonyl (C=O) groups excluding carboxylic acids is 4. The molecule has 0 radical (unpaired) electrons. The molecule has 0 aliphatic carbocycles. The Morgan fingerprint density at radius 2 is 1.41 bits per heavy atom. The molecule has 0 aromatic heterocycles. The van der Waals surface area contributed by atoms with Crippen molar-refractivity contribution in [3.8, 4) is 11.5 Å². The molecule has 0 bridgehead atoms. The summed E-state index contributed by atoms with van der Waals surface area (Å²) < 4.78 is 31.3. The highest BCUT2D eigenvalue weighted by atomic mass is 16.7. The molecule has 1 N–H and O–H groups in total. The van der Waals surface area contributed by atoms with E-state index >= 15 is 0 Å². The first-order valence-corrected chi connectivity index (χ1v) is 14.2. The first-order chi connectivity index (χ1) is 19.4. The predicted octanol–water partition coefficient (Wildman–Crippen LogP) is 5.46. The Morgan fingerprint density at radius 3 is 1.93 bits per heavy atom. The van der Waals surface area contributed by atoms with Crippen LogP contribution < -0.4 is 14.8 Å². The predicted molar refractivity (Wildman–Crippen MR) is 152 cm³/mol. The number of hydrogen-bond donors (Lipinski definition) is 1. The number of esters is 2. The zero-order chi connectivity index (χ0) is 31.0. The van der Waals surface area contributed by atoms with Gasteiger partial charge in [-0.15, -0.1) is 0 Å². The molecule has 1 aromatic rings. The van der Waals surface area contributed by atoms with Gasteiger partial charge in [0.15, 0.2) is 11.5 Å². The highest BCUT2D eigenvalue weighted by Gasteiger charge is 2.27. The van der Waals surface area contributed by atoms with Gasteiger partial charge in [-0.05, 0) is 56.2 Å². The lowest BCUT2D eigenvalue weighted by Crippen LogP contribution is -2.41. The van der Waals surface area contributed by atoms with E-state index < -0.39 is 29.7 Å². The monoisotopic (exact) mass is 581 g/mol. The Balaban J connectivity index is 3.03. The number of methoxy groups -OCH3 is 1. The molecule has 0 saturated carbocycles. The zero-order valence-electron chi connectivity index (χ0n) is 25.7. The molecule has 41 heavy (non-hydrogen) atoms. The van der Waals surface area contributed by atoms with Crippen molar-refractivity contribution < 1.29 is 47.6 Å². The van der Waals surface area contributed by atoms with Crippen LogP contribution in [0.3, 0.4) is 0 Å². The fraction of sp³-hybridized carbons (Fsp3) is 0.667. The lowest BCUT2D eigenvalue weighted by molar-refractivity contribution is -0.154. The molecule has 3 atom stereocenters. The molecule has 0 saturated heterocycles. The lowest BCUT2D eigenvalue weighted by atomic mass is 9.91. The maximum absolute atomic E-state index is 12.5. The second kappa shape index (κ2) is 18.2. The third-order valence-corrected chi connectivity index (χ3v) is 6.85. The van der Waals surface area contributed by atoms with E-state index in [9.17, 15) is 19.2 Å². The highest BCUT2D eigenvalue weighted by molar-refractivity contribution is 5.77. The van der Waals surface area contributed by atoms with Crippen LogP contribution in [0.2, 0.25) is 0 Å². The normalized spacial score (nSPS) is 13.4. The van der Waals surface area contributed by atoms with E-state index in [4.69, 9.17) is 28.4 Å². The summed E-state index contributed by atoms with van der Waals surface area (Å²) in [4.78, 5) is 49.3. The van der Waals surface area contributed by atoms with Crippen LogP contribution in [0.5, 0.6) is 11.5 Å². The Hall–Kier alpha value is -3.34. The molecule has 232 valence electrons. The topological polar surface area (TPSA) is 136 Å². The van der Waals surface area contributed by atoms with Gasteiger partial charge in [0.2, 0.25) is 0 Å². The third kappa shape index (κ3) is 13.2. The highest BCUT2D eigenvalue weighted by Crippen LogP contribution is 2.30. The molecule has 0 aliphatic heterocycles. The van der Waals surface area contributed by atoms with Gasteiger partial charge in [0, 0.05) is 6.54 Å². The first-order valence-electron chi connectivity index (χ1n) is 14.2. The van der Waals surface area contributed by atoms with Crippen LogP contribution in [-0.2, 0) is 35.0 Å². The van der Waals surface area contributed by atoms with E-state index in [0.29, 0.717) is 12.0 Å². The fourth-order valence-electron chi connectivity index (χ4n) is 3.07. The van der Waals surface area contributed by atoms with Crippen LogP contribution in [0.4, 0.5) is 9.59 Å². The van der Waals surface area contributed by atoms with Crippen LogP contribution in [-0.4, -0.2) is 63.8 Å². The van der Waals surface area contributed by atoms with E-state index in [-0.39, 0.29) is 62.1 Å². The Labute approximate surface area is 243 Å². The van der Waals surface area contributed by atoms with Crippen molar-refractivity contribution in [2.75, 3.05) is 33.5 Å². The summed E-state index contributed by atoms with van der Waals surface area (Å²) in [6, 6.07) is 3.75. The average Bonchev–Trinajstić information content (AvgIpc) is 2.96. The van der Waals surface area contributed by atoms with Gasteiger partial charge in [-0.1, -0.05) is 53.5 Å². The van der Waals surface area contributed by atoms with Crippen molar-refractivity contribution in [3.63, 3.8) is 0 Å². The van der Waals surface area contributed by atoms with Gasteiger partial charge in [0.05, 0.1) is 25.7 Å². The second-order valence-corrected chi connectivity index (χ2v) is 10.7. The minimum absolute atomic E-state index is 0.0450. The Kier molecular flexibility index (Phi) is 15.8. The van der Waals surface area contributed by atoms with E-state index in [2.05, 4.69) is 5.32 Å². The molecule has 0 spiro atoms. The second-order valence-electron chi connectivity index (χ2n) is 10.7. The van der Waals surface area contributed by atoms with Gasteiger partial charge < -0.3 is 33.7 Å². The minimum atomic E-state index is -0.959. The van der Waals surface area contributed by atoms with Gasteiger partial charge in [0.1, 0.15) is 12.6 Å². The number of hydrogen-bond acceptors (Lipinski definition) is 11. The largest absolute Gasteiger partial charge is 0.513 e. The Morgan fingerprint density at radius 1 is 0.854 bits per heavy atom. The maximum Gasteiger partial charge on any atom is 0.513 e. The van der Waals surface area contributed by atoms with E-state index in [0.717, 1.165) is 12.8 Å².